The normalized spacial score (nSPS) is 10.7. The lowest BCUT2D eigenvalue weighted by Crippen LogP contribution is -2.14. The Kier molecular flexibility index (Phi) is 6.84. The standard InChI is InChI=1S/C22H25N5O2/c1-3-4-5-10-21(29)23-18-13-11-17(12-14-18)20(28)15-27-25-22(24-26-27)19-9-7-6-8-16(19)2/h6-9,11-14H,3-5,10,15H2,1-2H3,(H,23,29). The summed E-state index contributed by atoms with van der Waals surface area (Å²) in [4.78, 5) is 25.7. The molecule has 0 aliphatic heterocycles. The first-order valence-electron chi connectivity index (χ1n) is 9.83. The minimum absolute atomic E-state index is 0.00159. The van der Waals surface area contributed by atoms with Crippen molar-refractivity contribution in [3.8, 4) is 11.4 Å². The third-order valence-corrected chi connectivity index (χ3v) is 4.62. The number of anilines is 1. The van der Waals surface area contributed by atoms with Crippen molar-refractivity contribution in [3.63, 3.8) is 0 Å². The van der Waals surface area contributed by atoms with Crippen molar-refractivity contribution in [3.05, 3.63) is 59.7 Å². The van der Waals surface area contributed by atoms with E-state index in [2.05, 4.69) is 27.7 Å². The van der Waals surface area contributed by atoms with Crippen molar-refractivity contribution < 1.29 is 9.59 Å². The SMILES string of the molecule is CCCCCC(=O)Nc1ccc(C(=O)Cn2nnc(-c3ccccc3C)n2)cc1. The van der Waals surface area contributed by atoms with Crippen LogP contribution in [0.15, 0.2) is 48.5 Å². The molecule has 0 spiro atoms. The number of benzene rings is 2. The minimum atomic E-state index is -0.125. The molecule has 0 aliphatic carbocycles. The Morgan fingerprint density at radius 1 is 1.03 bits per heavy atom. The molecule has 0 saturated carbocycles. The average Bonchev–Trinajstić information content (AvgIpc) is 3.17. The molecule has 0 unspecified atom stereocenters. The van der Waals surface area contributed by atoms with E-state index < -0.39 is 0 Å². The van der Waals surface area contributed by atoms with Gasteiger partial charge in [0.2, 0.25) is 11.7 Å². The zero-order valence-electron chi connectivity index (χ0n) is 16.8. The van der Waals surface area contributed by atoms with Crippen LogP contribution < -0.4 is 5.32 Å². The first-order chi connectivity index (χ1) is 14.1. The van der Waals surface area contributed by atoms with Gasteiger partial charge in [0.25, 0.3) is 0 Å². The second-order valence-electron chi connectivity index (χ2n) is 6.96. The van der Waals surface area contributed by atoms with Crippen LogP contribution in [0.4, 0.5) is 5.69 Å². The summed E-state index contributed by atoms with van der Waals surface area (Å²) in [5.41, 5.74) is 3.16. The summed E-state index contributed by atoms with van der Waals surface area (Å²) in [5.74, 6) is 0.365. The highest BCUT2D eigenvalue weighted by molar-refractivity contribution is 5.97. The number of hydrogen-bond donors (Lipinski definition) is 1. The van der Waals surface area contributed by atoms with E-state index >= 15 is 0 Å². The first-order valence-corrected chi connectivity index (χ1v) is 9.83. The second kappa shape index (κ2) is 9.73. The summed E-state index contributed by atoms with van der Waals surface area (Å²) < 4.78 is 0. The Morgan fingerprint density at radius 3 is 2.52 bits per heavy atom. The molecule has 0 radical (unpaired) electrons. The number of tetrazole rings is 1. The summed E-state index contributed by atoms with van der Waals surface area (Å²) in [5, 5.41) is 15.2. The number of unbranched alkanes of at least 4 members (excludes halogenated alkanes) is 2. The number of carbonyl (C=O) groups excluding carboxylic acids is 2. The van der Waals surface area contributed by atoms with Crippen molar-refractivity contribution in [1.82, 2.24) is 20.2 Å². The monoisotopic (exact) mass is 391 g/mol. The van der Waals surface area contributed by atoms with E-state index in [-0.39, 0.29) is 18.2 Å². The maximum atomic E-state index is 12.5. The van der Waals surface area contributed by atoms with Crippen molar-refractivity contribution in [2.45, 2.75) is 46.1 Å². The van der Waals surface area contributed by atoms with Gasteiger partial charge in [-0.3, -0.25) is 9.59 Å². The number of Topliss-reactive ketones (excluding diaryl/α,β-unsaturated/α-hetero) is 1. The second-order valence-corrected chi connectivity index (χ2v) is 6.96. The largest absolute Gasteiger partial charge is 0.326 e. The van der Waals surface area contributed by atoms with E-state index in [4.69, 9.17) is 0 Å². The molecule has 0 atom stereocenters. The number of aryl methyl sites for hydroxylation is 1. The molecule has 3 aromatic rings. The zero-order chi connectivity index (χ0) is 20.6. The minimum Gasteiger partial charge on any atom is -0.326 e. The topological polar surface area (TPSA) is 89.8 Å². The summed E-state index contributed by atoms with van der Waals surface area (Å²) in [7, 11) is 0. The quantitative estimate of drug-likeness (QED) is 0.439. The van der Waals surface area contributed by atoms with E-state index in [1.54, 1.807) is 24.3 Å². The van der Waals surface area contributed by atoms with Crippen LogP contribution in [0.2, 0.25) is 0 Å². The lowest BCUT2D eigenvalue weighted by Gasteiger charge is -2.06. The molecule has 29 heavy (non-hydrogen) atoms. The average molecular weight is 391 g/mol. The van der Waals surface area contributed by atoms with E-state index in [1.165, 1.54) is 4.80 Å². The molecule has 0 bridgehead atoms. The van der Waals surface area contributed by atoms with E-state index in [1.807, 2.05) is 31.2 Å². The number of nitrogens with one attached hydrogen (secondary N) is 1. The Bertz CT molecular complexity index is 979. The predicted octanol–water partition coefficient (Wildman–Crippen LogP) is 4.05. The fourth-order valence-electron chi connectivity index (χ4n) is 2.96. The predicted molar refractivity (Wildman–Crippen MR) is 112 cm³/mol. The molecule has 7 nitrogen and oxygen atoms in total. The van der Waals surface area contributed by atoms with Gasteiger partial charge in [0.05, 0.1) is 0 Å². The molecular formula is C22H25N5O2. The van der Waals surface area contributed by atoms with Gasteiger partial charge in [0.1, 0.15) is 6.54 Å². The zero-order valence-corrected chi connectivity index (χ0v) is 16.8. The van der Waals surface area contributed by atoms with Gasteiger partial charge in [-0.15, -0.1) is 10.2 Å². The van der Waals surface area contributed by atoms with E-state index in [0.29, 0.717) is 23.5 Å². The van der Waals surface area contributed by atoms with Crippen LogP contribution >= 0.6 is 0 Å². The Balaban J connectivity index is 1.59. The number of aromatic nitrogens is 4. The molecule has 0 fully saturated rings. The van der Waals surface area contributed by atoms with Crippen molar-refractivity contribution in [1.29, 1.82) is 0 Å². The summed E-state index contributed by atoms with van der Waals surface area (Å²) in [6.07, 6.45) is 3.52. The van der Waals surface area contributed by atoms with Gasteiger partial charge in [0, 0.05) is 23.2 Å². The lowest BCUT2D eigenvalue weighted by atomic mass is 10.1. The number of carbonyl (C=O) groups is 2. The molecule has 0 aliphatic rings. The van der Waals surface area contributed by atoms with Crippen LogP contribution in [0, 0.1) is 6.92 Å². The molecule has 1 amide bonds. The smallest absolute Gasteiger partial charge is 0.224 e. The van der Waals surface area contributed by atoms with Crippen molar-refractivity contribution in [2.24, 2.45) is 0 Å². The van der Waals surface area contributed by atoms with Gasteiger partial charge in [-0.1, -0.05) is 44.0 Å². The van der Waals surface area contributed by atoms with Crippen LogP contribution in [0.25, 0.3) is 11.4 Å². The molecule has 1 heterocycles. The summed E-state index contributed by atoms with van der Waals surface area (Å²) in [6, 6.07) is 14.6. The van der Waals surface area contributed by atoms with Crippen LogP contribution in [0.3, 0.4) is 0 Å². The fourth-order valence-corrected chi connectivity index (χ4v) is 2.96. The highest BCUT2D eigenvalue weighted by Crippen LogP contribution is 2.18. The number of nitrogens with zero attached hydrogens (tertiary/aromatic N) is 4. The van der Waals surface area contributed by atoms with Crippen LogP contribution in [0.5, 0.6) is 0 Å². The highest BCUT2D eigenvalue weighted by Gasteiger charge is 2.12. The molecule has 150 valence electrons. The molecule has 0 saturated heterocycles. The molecule has 7 heteroatoms. The lowest BCUT2D eigenvalue weighted by molar-refractivity contribution is -0.116. The van der Waals surface area contributed by atoms with Gasteiger partial charge in [-0.2, -0.15) is 4.80 Å². The number of hydrogen-bond acceptors (Lipinski definition) is 5. The van der Waals surface area contributed by atoms with Crippen LogP contribution in [-0.2, 0) is 11.3 Å². The van der Waals surface area contributed by atoms with E-state index in [0.717, 1.165) is 30.4 Å². The molecule has 1 N–H and O–H groups in total. The molecule has 1 aromatic heterocycles. The maximum absolute atomic E-state index is 12.5. The Labute approximate surface area is 170 Å². The van der Waals surface area contributed by atoms with Gasteiger partial charge in [-0.25, -0.2) is 0 Å². The number of ketones is 1. The van der Waals surface area contributed by atoms with Gasteiger partial charge >= 0.3 is 0 Å². The van der Waals surface area contributed by atoms with E-state index in [9.17, 15) is 9.59 Å². The third-order valence-electron chi connectivity index (χ3n) is 4.62. The van der Waals surface area contributed by atoms with Crippen molar-refractivity contribution in [2.75, 3.05) is 5.32 Å². The summed E-state index contributed by atoms with van der Waals surface area (Å²) >= 11 is 0. The first kappa shape index (κ1) is 20.4. The Morgan fingerprint density at radius 2 is 1.79 bits per heavy atom. The number of amides is 1. The Hall–Kier alpha value is -3.35. The van der Waals surface area contributed by atoms with Crippen LogP contribution in [-0.4, -0.2) is 31.9 Å². The fraction of sp³-hybridized carbons (Fsp3) is 0.318. The van der Waals surface area contributed by atoms with Crippen molar-refractivity contribution >= 4 is 17.4 Å². The third kappa shape index (κ3) is 5.57. The van der Waals surface area contributed by atoms with Gasteiger partial charge < -0.3 is 5.32 Å². The molecule has 3 rings (SSSR count). The molecule has 2 aromatic carbocycles. The summed E-state index contributed by atoms with van der Waals surface area (Å²) in [6.45, 7) is 4.08. The van der Waals surface area contributed by atoms with Crippen LogP contribution in [0.1, 0.15) is 48.5 Å². The maximum Gasteiger partial charge on any atom is 0.224 e. The number of rotatable bonds is 9. The van der Waals surface area contributed by atoms with Gasteiger partial charge in [-0.05, 0) is 48.4 Å². The highest BCUT2D eigenvalue weighted by atomic mass is 16.1. The molecular weight excluding hydrogens is 366 g/mol. The van der Waals surface area contributed by atoms with Gasteiger partial charge in [0.15, 0.2) is 5.78 Å².